The van der Waals surface area contributed by atoms with Crippen LogP contribution in [-0.2, 0) is 0 Å². The first-order chi connectivity index (χ1) is 7.33. The summed E-state index contributed by atoms with van der Waals surface area (Å²) in [6.45, 7) is 0. The van der Waals surface area contributed by atoms with Crippen LogP contribution in [-0.4, -0.2) is 15.2 Å². The zero-order chi connectivity index (χ0) is 10.3. The molecule has 1 aromatic carbocycles. The summed E-state index contributed by atoms with van der Waals surface area (Å²) in [5, 5.41) is 8.50. The van der Waals surface area contributed by atoms with Crippen molar-refractivity contribution in [3.8, 4) is 0 Å². The molecule has 5 nitrogen and oxygen atoms in total. The normalized spacial score (nSPS) is 10.9. The van der Waals surface area contributed by atoms with Gasteiger partial charge in [-0.15, -0.1) is 0 Å². The smallest absolute Gasteiger partial charge is 0.273 e. The maximum absolute atomic E-state index is 11.2. The summed E-state index contributed by atoms with van der Waals surface area (Å²) in [5.74, 6) is 0. The monoisotopic (exact) mass is 199 g/mol. The standard InChI is InChI=1S/C10H5N3O2/c14-10-1-2-15-9-4-7-6(5-11-13-7)3-8(9)12-10/h1-5H. The largest absolute Gasteiger partial charge is 0.462 e. The van der Waals surface area contributed by atoms with Gasteiger partial charge in [-0.2, -0.15) is 10.2 Å². The lowest BCUT2D eigenvalue weighted by Crippen LogP contribution is -1.97. The van der Waals surface area contributed by atoms with Gasteiger partial charge in [0.05, 0.1) is 18.0 Å². The predicted octanol–water partition coefficient (Wildman–Crippen LogP) is 1.13. The summed E-state index contributed by atoms with van der Waals surface area (Å²) in [4.78, 5) is 15.0. The van der Waals surface area contributed by atoms with Gasteiger partial charge in [-0.1, -0.05) is 0 Å². The molecule has 0 aliphatic carbocycles. The van der Waals surface area contributed by atoms with E-state index < -0.39 is 0 Å². The van der Waals surface area contributed by atoms with E-state index in [2.05, 4.69) is 15.2 Å². The number of rotatable bonds is 0. The summed E-state index contributed by atoms with van der Waals surface area (Å²) in [6.07, 6.45) is 2.94. The number of fused-ring (bicyclic) bond motifs is 2. The van der Waals surface area contributed by atoms with E-state index in [-0.39, 0.29) is 5.56 Å². The van der Waals surface area contributed by atoms with Crippen molar-refractivity contribution in [2.45, 2.75) is 0 Å². The van der Waals surface area contributed by atoms with Gasteiger partial charge in [0, 0.05) is 17.5 Å². The Morgan fingerprint density at radius 3 is 3.07 bits per heavy atom. The first-order valence-corrected chi connectivity index (χ1v) is 4.34. The maximum Gasteiger partial charge on any atom is 0.273 e. The van der Waals surface area contributed by atoms with Gasteiger partial charge in [-0.25, -0.2) is 4.98 Å². The van der Waals surface area contributed by atoms with E-state index >= 15 is 0 Å². The van der Waals surface area contributed by atoms with Crippen LogP contribution in [0.1, 0.15) is 0 Å². The summed E-state index contributed by atoms with van der Waals surface area (Å²) >= 11 is 0. The number of hydrogen-bond donors (Lipinski definition) is 0. The third-order valence-corrected chi connectivity index (χ3v) is 2.11. The molecule has 0 saturated heterocycles. The molecule has 0 aliphatic rings. The van der Waals surface area contributed by atoms with Gasteiger partial charge in [0.25, 0.3) is 5.56 Å². The molecular weight excluding hydrogens is 194 g/mol. The molecule has 0 N–H and O–H groups in total. The molecule has 72 valence electrons. The minimum absolute atomic E-state index is 0.333. The van der Waals surface area contributed by atoms with Gasteiger partial charge in [0.15, 0.2) is 5.58 Å². The quantitative estimate of drug-likeness (QED) is 0.542. The van der Waals surface area contributed by atoms with E-state index in [0.29, 0.717) is 11.1 Å². The maximum atomic E-state index is 11.2. The highest BCUT2D eigenvalue weighted by Crippen LogP contribution is 2.17. The molecule has 0 atom stereocenters. The van der Waals surface area contributed by atoms with E-state index in [1.54, 1.807) is 18.3 Å². The minimum atomic E-state index is -0.333. The number of nitrogens with zero attached hydrogens (tertiary/aromatic N) is 3. The topological polar surface area (TPSA) is 68.9 Å². The number of benzene rings is 1. The third kappa shape index (κ3) is 1.25. The summed E-state index contributed by atoms with van der Waals surface area (Å²) in [5.41, 5.74) is 1.42. The Hall–Kier alpha value is -2.30. The Bertz CT molecular complexity index is 705. The van der Waals surface area contributed by atoms with Crippen molar-refractivity contribution in [2.24, 2.45) is 0 Å². The molecule has 3 aromatic rings. The van der Waals surface area contributed by atoms with Crippen molar-refractivity contribution in [3.63, 3.8) is 0 Å². The molecule has 0 amide bonds. The van der Waals surface area contributed by atoms with Gasteiger partial charge in [-0.3, -0.25) is 4.79 Å². The fraction of sp³-hybridized carbons (Fsp3) is 0. The van der Waals surface area contributed by atoms with Crippen molar-refractivity contribution < 1.29 is 4.42 Å². The van der Waals surface area contributed by atoms with Gasteiger partial charge in [0.1, 0.15) is 5.52 Å². The second-order valence-electron chi connectivity index (χ2n) is 3.09. The molecule has 15 heavy (non-hydrogen) atoms. The van der Waals surface area contributed by atoms with E-state index in [1.807, 2.05) is 0 Å². The molecule has 0 aliphatic heterocycles. The predicted molar refractivity (Wildman–Crippen MR) is 53.4 cm³/mol. The Morgan fingerprint density at radius 1 is 1.20 bits per heavy atom. The average molecular weight is 199 g/mol. The molecule has 0 radical (unpaired) electrons. The molecule has 0 spiro atoms. The molecule has 0 unspecified atom stereocenters. The van der Waals surface area contributed by atoms with Gasteiger partial charge >= 0.3 is 0 Å². The molecule has 2 aromatic heterocycles. The second-order valence-corrected chi connectivity index (χ2v) is 3.09. The summed E-state index contributed by atoms with van der Waals surface area (Å²) in [7, 11) is 0. The first kappa shape index (κ1) is 8.05. The first-order valence-electron chi connectivity index (χ1n) is 4.34. The van der Waals surface area contributed by atoms with Gasteiger partial charge in [-0.05, 0) is 6.07 Å². The van der Waals surface area contributed by atoms with Crippen LogP contribution < -0.4 is 5.56 Å². The lowest BCUT2D eigenvalue weighted by Gasteiger charge is -1.89. The highest BCUT2D eigenvalue weighted by atomic mass is 16.3. The molecule has 0 saturated carbocycles. The van der Waals surface area contributed by atoms with E-state index in [0.717, 1.165) is 10.9 Å². The Kier molecular flexibility index (Phi) is 1.53. The highest BCUT2D eigenvalue weighted by molar-refractivity contribution is 5.91. The van der Waals surface area contributed by atoms with E-state index in [9.17, 15) is 4.79 Å². The van der Waals surface area contributed by atoms with Crippen molar-refractivity contribution in [1.82, 2.24) is 15.2 Å². The molecule has 5 heteroatoms. The minimum Gasteiger partial charge on any atom is -0.462 e. The Labute approximate surface area is 83.4 Å². The third-order valence-electron chi connectivity index (χ3n) is 2.11. The number of aromatic nitrogens is 3. The van der Waals surface area contributed by atoms with Crippen LogP contribution >= 0.6 is 0 Å². The lowest BCUT2D eigenvalue weighted by molar-refractivity contribution is 0.607. The summed E-state index contributed by atoms with van der Waals surface area (Å²) < 4.78 is 5.23. The van der Waals surface area contributed by atoms with Crippen molar-refractivity contribution in [2.75, 3.05) is 0 Å². The Balaban J connectivity index is 2.58. The molecular formula is C10H5N3O2. The van der Waals surface area contributed by atoms with E-state index in [4.69, 9.17) is 4.42 Å². The zero-order valence-electron chi connectivity index (χ0n) is 7.54. The van der Waals surface area contributed by atoms with Crippen LogP contribution in [0.4, 0.5) is 0 Å². The molecule has 2 heterocycles. The van der Waals surface area contributed by atoms with Gasteiger partial charge < -0.3 is 4.42 Å². The van der Waals surface area contributed by atoms with Crippen molar-refractivity contribution in [3.05, 3.63) is 41.0 Å². The second kappa shape index (κ2) is 2.84. The fourth-order valence-electron chi connectivity index (χ4n) is 1.42. The van der Waals surface area contributed by atoms with Crippen molar-refractivity contribution >= 4 is 22.0 Å². The van der Waals surface area contributed by atoms with Crippen LogP contribution in [0.2, 0.25) is 0 Å². The molecule has 0 fully saturated rings. The van der Waals surface area contributed by atoms with Crippen LogP contribution in [0.25, 0.3) is 22.0 Å². The Morgan fingerprint density at radius 2 is 2.13 bits per heavy atom. The summed E-state index contributed by atoms with van der Waals surface area (Å²) in [6, 6.07) is 4.72. The highest BCUT2D eigenvalue weighted by Gasteiger charge is 2.02. The van der Waals surface area contributed by atoms with E-state index in [1.165, 1.54) is 12.3 Å². The van der Waals surface area contributed by atoms with Crippen LogP contribution in [0.5, 0.6) is 0 Å². The fourth-order valence-corrected chi connectivity index (χ4v) is 1.42. The van der Waals surface area contributed by atoms with Crippen LogP contribution in [0.3, 0.4) is 0 Å². The van der Waals surface area contributed by atoms with Gasteiger partial charge in [0.2, 0.25) is 0 Å². The zero-order valence-corrected chi connectivity index (χ0v) is 7.54. The van der Waals surface area contributed by atoms with Crippen molar-refractivity contribution in [1.29, 1.82) is 0 Å². The van der Waals surface area contributed by atoms with Crippen LogP contribution in [0, 0.1) is 0 Å². The average Bonchev–Trinajstić information content (AvgIpc) is 2.57. The lowest BCUT2D eigenvalue weighted by atomic mass is 10.2. The molecule has 3 rings (SSSR count). The SMILES string of the molecule is O=c1ccoc2cc3nncc3cc2n1. The van der Waals surface area contributed by atoms with Crippen LogP contribution in [0.15, 0.2) is 39.9 Å². The molecule has 0 bridgehead atoms. The number of hydrogen-bond acceptors (Lipinski definition) is 5.